The molecule has 0 unspecified atom stereocenters. The van der Waals surface area contributed by atoms with E-state index in [2.05, 4.69) is 27.7 Å². The standard InChI is InChI=1S/C29H52N4O5/c1-7-31-23-25(35)32(27(31)37)18-11-8-14-28(2,3)15-9-12-20-38-21-13-10-16-29(4,5)17-19-33-24(34)22-30(6)26(33)36/h7-23H2,1-6H3. The summed E-state index contributed by atoms with van der Waals surface area (Å²) in [4.78, 5) is 54.0. The van der Waals surface area contributed by atoms with Gasteiger partial charge in [-0.1, -0.05) is 47.0 Å². The second kappa shape index (κ2) is 14.8. The van der Waals surface area contributed by atoms with E-state index in [1.54, 1.807) is 11.9 Å². The van der Waals surface area contributed by atoms with E-state index in [4.69, 9.17) is 4.74 Å². The normalized spacial score (nSPS) is 17.1. The lowest BCUT2D eigenvalue weighted by atomic mass is 9.82. The first kappa shape index (κ1) is 32.1. The van der Waals surface area contributed by atoms with Crippen molar-refractivity contribution in [1.82, 2.24) is 19.6 Å². The highest BCUT2D eigenvalue weighted by Gasteiger charge is 2.35. The van der Waals surface area contributed by atoms with Gasteiger partial charge in [0.15, 0.2) is 0 Å². The third-order valence-electron chi connectivity index (χ3n) is 8.02. The highest BCUT2D eigenvalue weighted by molar-refractivity contribution is 6.02. The summed E-state index contributed by atoms with van der Waals surface area (Å²) in [5.41, 5.74) is 0.336. The van der Waals surface area contributed by atoms with Gasteiger partial charge in [0, 0.05) is 39.9 Å². The van der Waals surface area contributed by atoms with Gasteiger partial charge in [-0.05, 0) is 62.7 Å². The van der Waals surface area contributed by atoms with E-state index in [0.29, 0.717) is 19.6 Å². The molecule has 0 aliphatic carbocycles. The maximum atomic E-state index is 12.2. The highest BCUT2D eigenvalue weighted by Crippen LogP contribution is 2.30. The van der Waals surface area contributed by atoms with Crippen LogP contribution in [-0.2, 0) is 14.3 Å². The largest absolute Gasteiger partial charge is 0.381 e. The van der Waals surface area contributed by atoms with E-state index in [1.165, 1.54) is 14.7 Å². The maximum Gasteiger partial charge on any atom is 0.327 e. The molecule has 0 N–H and O–H groups in total. The van der Waals surface area contributed by atoms with Crippen LogP contribution in [-0.4, -0.2) is 96.5 Å². The summed E-state index contributed by atoms with van der Waals surface area (Å²) < 4.78 is 5.86. The minimum Gasteiger partial charge on any atom is -0.381 e. The van der Waals surface area contributed by atoms with Crippen LogP contribution in [0.2, 0.25) is 0 Å². The van der Waals surface area contributed by atoms with Crippen molar-refractivity contribution in [3.05, 3.63) is 0 Å². The van der Waals surface area contributed by atoms with E-state index in [1.807, 2.05) is 6.92 Å². The first-order valence-corrected chi connectivity index (χ1v) is 14.6. The number of carbonyl (C=O) groups is 4. The van der Waals surface area contributed by atoms with Crippen molar-refractivity contribution >= 4 is 23.9 Å². The van der Waals surface area contributed by atoms with E-state index in [9.17, 15) is 19.2 Å². The van der Waals surface area contributed by atoms with Gasteiger partial charge in [-0.25, -0.2) is 9.59 Å². The minimum absolute atomic E-state index is 0.0686. The summed E-state index contributed by atoms with van der Waals surface area (Å²) >= 11 is 0. The third-order valence-corrected chi connectivity index (χ3v) is 8.02. The summed E-state index contributed by atoms with van der Waals surface area (Å²) in [7, 11) is 1.67. The van der Waals surface area contributed by atoms with Crippen LogP contribution < -0.4 is 0 Å². The van der Waals surface area contributed by atoms with Crippen LogP contribution in [0.5, 0.6) is 0 Å². The Morgan fingerprint density at radius 2 is 1.16 bits per heavy atom. The summed E-state index contributed by atoms with van der Waals surface area (Å²) in [5.74, 6) is -0.164. The number of hydrogen-bond donors (Lipinski definition) is 0. The number of rotatable bonds is 19. The molecule has 0 aromatic heterocycles. The molecule has 0 radical (unpaired) electrons. The summed E-state index contributed by atoms with van der Waals surface area (Å²) in [6.45, 7) is 14.5. The summed E-state index contributed by atoms with van der Waals surface area (Å²) in [6.07, 6.45) is 10.3. The lowest BCUT2D eigenvalue weighted by Crippen LogP contribution is -2.34. The average Bonchev–Trinajstić information content (AvgIpc) is 3.26. The Bertz CT molecular complexity index is 813. The van der Waals surface area contributed by atoms with Crippen molar-refractivity contribution in [2.45, 2.75) is 98.8 Å². The van der Waals surface area contributed by atoms with Crippen LogP contribution in [0, 0.1) is 10.8 Å². The van der Waals surface area contributed by atoms with Gasteiger partial charge in [0.25, 0.3) is 0 Å². The zero-order valence-electron chi connectivity index (χ0n) is 24.9. The lowest BCUT2D eigenvalue weighted by Gasteiger charge is -2.26. The molecule has 9 heteroatoms. The van der Waals surface area contributed by atoms with Gasteiger partial charge in [-0.3, -0.25) is 19.4 Å². The smallest absolute Gasteiger partial charge is 0.327 e. The Hall–Kier alpha value is -2.16. The molecule has 0 aromatic carbocycles. The molecule has 2 rings (SSSR count). The molecule has 2 aliphatic heterocycles. The van der Waals surface area contributed by atoms with Gasteiger partial charge >= 0.3 is 12.1 Å². The van der Waals surface area contributed by atoms with Crippen molar-refractivity contribution in [1.29, 1.82) is 0 Å². The molecule has 0 bridgehead atoms. The molecule has 2 aliphatic rings. The van der Waals surface area contributed by atoms with Crippen LogP contribution in [0.3, 0.4) is 0 Å². The fourth-order valence-corrected chi connectivity index (χ4v) is 5.21. The van der Waals surface area contributed by atoms with E-state index in [-0.39, 0.29) is 47.8 Å². The zero-order chi connectivity index (χ0) is 28.3. The maximum absolute atomic E-state index is 12.2. The predicted octanol–water partition coefficient (Wildman–Crippen LogP) is 5.13. The number of nitrogens with zero attached hydrogens (tertiary/aromatic N) is 4. The molecule has 9 nitrogen and oxygen atoms in total. The Balaban J connectivity index is 1.46. The van der Waals surface area contributed by atoms with E-state index < -0.39 is 0 Å². The molecule has 2 heterocycles. The molecule has 0 spiro atoms. The molecule has 0 atom stereocenters. The monoisotopic (exact) mass is 536 g/mol. The summed E-state index contributed by atoms with van der Waals surface area (Å²) in [6, 6.07) is -0.319. The van der Waals surface area contributed by atoms with Crippen molar-refractivity contribution < 1.29 is 23.9 Å². The number of urea groups is 2. The SMILES string of the molecule is CCN1CC(=O)N(CCCCC(C)(C)CCCCOCCCCC(C)(C)CCN2C(=O)CN(C)C2=O)C1=O. The van der Waals surface area contributed by atoms with Crippen LogP contribution >= 0.6 is 0 Å². The van der Waals surface area contributed by atoms with Crippen molar-refractivity contribution in [2.75, 3.05) is 53.0 Å². The Kier molecular flexibility index (Phi) is 12.5. The van der Waals surface area contributed by atoms with Crippen molar-refractivity contribution in [2.24, 2.45) is 10.8 Å². The Morgan fingerprint density at radius 3 is 1.66 bits per heavy atom. The second-order valence-electron chi connectivity index (χ2n) is 12.6. The Labute approximate surface area is 230 Å². The lowest BCUT2D eigenvalue weighted by molar-refractivity contribution is -0.126. The number of hydrogen-bond acceptors (Lipinski definition) is 5. The van der Waals surface area contributed by atoms with Crippen LogP contribution in [0.15, 0.2) is 0 Å². The van der Waals surface area contributed by atoms with Crippen LogP contribution in [0.4, 0.5) is 9.59 Å². The van der Waals surface area contributed by atoms with Gasteiger partial charge in [-0.15, -0.1) is 0 Å². The van der Waals surface area contributed by atoms with Crippen molar-refractivity contribution in [3.8, 4) is 0 Å². The Morgan fingerprint density at radius 1 is 0.658 bits per heavy atom. The van der Waals surface area contributed by atoms with Gasteiger partial charge in [-0.2, -0.15) is 0 Å². The number of carbonyl (C=O) groups excluding carboxylic acids is 4. The summed E-state index contributed by atoms with van der Waals surface area (Å²) in [5, 5.41) is 0. The van der Waals surface area contributed by atoms with Crippen molar-refractivity contribution in [3.63, 3.8) is 0 Å². The topological polar surface area (TPSA) is 90.5 Å². The van der Waals surface area contributed by atoms with Crippen LogP contribution in [0.25, 0.3) is 0 Å². The molecule has 0 saturated carbocycles. The van der Waals surface area contributed by atoms with E-state index in [0.717, 1.165) is 77.4 Å². The fraction of sp³-hybridized carbons (Fsp3) is 0.862. The molecular weight excluding hydrogens is 484 g/mol. The number of likely N-dealkylation sites (N-methyl/N-ethyl adjacent to an activating group) is 2. The number of imide groups is 2. The molecule has 0 aromatic rings. The van der Waals surface area contributed by atoms with Gasteiger partial charge in [0.2, 0.25) is 11.8 Å². The highest BCUT2D eigenvalue weighted by atomic mass is 16.5. The minimum atomic E-state index is -0.181. The number of ether oxygens (including phenoxy) is 1. The predicted molar refractivity (Wildman–Crippen MR) is 149 cm³/mol. The van der Waals surface area contributed by atoms with Gasteiger partial charge < -0.3 is 14.5 Å². The quantitative estimate of drug-likeness (QED) is 0.169. The second-order valence-corrected chi connectivity index (χ2v) is 12.6. The first-order valence-electron chi connectivity index (χ1n) is 14.6. The number of unbranched alkanes of at least 4 members (excludes halogenated alkanes) is 3. The van der Waals surface area contributed by atoms with E-state index >= 15 is 0 Å². The fourth-order valence-electron chi connectivity index (χ4n) is 5.21. The molecule has 218 valence electrons. The zero-order valence-corrected chi connectivity index (χ0v) is 24.9. The van der Waals surface area contributed by atoms with Crippen LogP contribution in [0.1, 0.15) is 98.8 Å². The number of amides is 6. The average molecular weight is 537 g/mol. The molecule has 2 saturated heterocycles. The van der Waals surface area contributed by atoms with Gasteiger partial charge in [0.05, 0.1) is 0 Å². The molecular formula is C29H52N4O5. The molecule has 6 amide bonds. The molecule has 2 fully saturated rings. The van der Waals surface area contributed by atoms with Gasteiger partial charge in [0.1, 0.15) is 13.1 Å². The molecule has 38 heavy (non-hydrogen) atoms. The first-order chi connectivity index (χ1) is 17.9. The third kappa shape index (κ3) is 10.2.